The second kappa shape index (κ2) is 5.15. The first kappa shape index (κ1) is 14.6. The molecule has 1 amide bonds. The number of carbonyl (C=O) groups is 1. The zero-order chi connectivity index (χ0) is 16.6. The molecule has 0 aromatic heterocycles. The van der Waals surface area contributed by atoms with Crippen LogP contribution in [-0.2, 0) is 10.3 Å². The van der Waals surface area contributed by atoms with Crippen molar-refractivity contribution in [2.24, 2.45) is 0 Å². The lowest BCUT2D eigenvalue weighted by Gasteiger charge is -2.32. The van der Waals surface area contributed by atoms with Gasteiger partial charge >= 0.3 is 6.09 Å². The fourth-order valence-electron chi connectivity index (χ4n) is 2.68. The SMILES string of the molecule is CC1(C)OC(=O)Nc2ccc(-c3cc(C#N)cc(C#N)c3)cc21. The summed E-state index contributed by atoms with van der Waals surface area (Å²) in [5.74, 6) is 0. The highest BCUT2D eigenvalue weighted by atomic mass is 16.6. The number of hydrogen-bond donors (Lipinski definition) is 1. The van der Waals surface area contributed by atoms with Crippen molar-refractivity contribution >= 4 is 11.8 Å². The van der Waals surface area contributed by atoms with Gasteiger partial charge in [-0.15, -0.1) is 0 Å². The molecule has 23 heavy (non-hydrogen) atoms. The van der Waals surface area contributed by atoms with Crippen molar-refractivity contribution in [3.05, 3.63) is 53.1 Å². The quantitative estimate of drug-likeness (QED) is 0.865. The predicted molar refractivity (Wildman–Crippen MR) is 84.4 cm³/mol. The van der Waals surface area contributed by atoms with Crippen molar-refractivity contribution in [1.29, 1.82) is 10.5 Å². The molecule has 2 aromatic carbocycles. The summed E-state index contributed by atoms with van der Waals surface area (Å²) in [6.07, 6.45) is -0.478. The third-order valence-electron chi connectivity index (χ3n) is 3.78. The maximum absolute atomic E-state index is 11.6. The van der Waals surface area contributed by atoms with Gasteiger partial charge in [0.1, 0.15) is 5.60 Å². The van der Waals surface area contributed by atoms with Crippen LogP contribution in [0.3, 0.4) is 0 Å². The maximum Gasteiger partial charge on any atom is 0.412 e. The number of carbonyl (C=O) groups excluding carboxylic acids is 1. The molecule has 0 saturated heterocycles. The number of hydrogen-bond acceptors (Lipinski definition) is 4. The lowest BCUT2D eigenvalue weighted by Crippen LogP contribution is -2.34. The van der Waals surface area contributed by atoms with Crippen molar-refractivity contribution in [3.63, 3.8) is 0 Å². The van der Waals surface area contributed by atoms with Crippen molar-refractivity contribution in [1.82, 2.24) is 0 Å². The summed E-state index contributed by atoms with van der Waals surface area (Å²) in [5, 5.41) is 20.9. The van der Waals surface area contributed by atoms with Crippen LogP contribution in [0, 0.1) is 22.7 Å². The molecular weight excluding hydrogens is 290 g/mol. The molecule has 5 nitrogen and oxygen atoms in total. The van der Waals surface area contributed by atoms with Gasteiger partial charge in [0, 0.05) is 5.56 Å². The Hall–Kier alpha value is -3.31. The molecule has 2 aromatic rings. The van der Waals surface area contributed by atoms with Gasteiger partial charge in [0.15, 0.2) is 0 Å². The summed E-state index contributed by atoms with van der Waals surface area (Å²) in [7, 11) is 0. The van der Waals surface area contributed by atoms with Crippen LogP contribution in [0.1, 0.15) is 30.5 Å². The van der Waals surface area contributed by atoms with Gasteiger partial charge in [0.2, 0.25) is 0 Å². The number of cyclic esters (lactones) is 1. The molecule has 0 unspecified atom stereocenters. The highest BCUT2D eigenvalue weighted by Crippen LogP contribution is 2.38. The monoisotopic (exact) mass is 303 g/mol. The Morgan fingerprint density at radius 3 is 2.26 bits per heavy atom. The third-order valence-corrected chi connectivity index (χ3v) is 3.78. The van der Waals surface area contributed by atoms with Gasteiger partial charge in [0.25, 0.3) is 0 Å². The zero-order valence-corrected chi connectivity index (χ0v) is 12.7. The van der Waals surface area contributed by atoms with Crippen LogP contribution in [0.2, 0.25) is 0 Å². The van der Waals surface area contributed by atoms with E-state index in [2.05, 4.69) is 17.5 Å². The smallest absolute Gasteiger partial charge is 0.412 e. The molecule has 0 fully saturated rings. The average molecular weight is 303 g/mol. The number of ether oxygens (including phenoxy) is 1. The summed E-state index contributed by atoms with van der Waals surface area (Å²) >= 11 is 0. The zero-order valence-electron chi connectivity index (χ0n) is 12.7. The Kier molecular flexibility index (Phi) is 3.28. The molecule has 0 aliphatic carbocycles. The van der Waals surface area contributed by atoms with Crippen molar-refractivity contribution in [2.45, 2.75) is 19.4 Å². The number of amides is 1. The fraction of sp³-hybridized carbons (Fsp3) is 0.167. The van der Waals surface area contributed by atoms with Gasteiger partial charge in [-0.3, -0.25) is 5.32 Å². The molecule has 0 atom stereocenters. The average Bonchev–Trinajstić information content (AvgIpc) is 2.53. The van der Waals surface area contributed by atoms with Gasteiger partial charge in [-0.05, 0) is 55.3 Å². The van der Waals surface area contributed by atoms with Gasteiger partial charge in [-0.25, -0.2) is 4.79 Å². The van der Waals surface area contributed by atoms with Crippen LogP contribution in [0.4, 0.5) is 10.5 Å². The largest absolute Gasteiger partial charge is 0.438 e. The topological polar surface area (TPSA) is 85.9 Å². The molecule has 1 heterocycles. The molecule has 0 bridgehead atoms. The molecule has 0 radical (unpaired) electrons. The predicted octanol–water partition coefficient (Wildman–Crippen LogP) is 3.89. The van der Waals surface area contributed by atoms with E-state index in [9.17, 15) is 4.79 Å². The lowest BCUT2D eigenvalue weighted by atomic mass is 9.90. The summed E-state index contributed by atoms with van der Waals surface area (Å²) < 4.78 is 5.33. The molecule has 5 heteroatoms. The van der Waals surface area contributed by atoms with Gasteiger partial charge in [-0.2, -0.15) is 10.5 Å². The second-order valence-electron chi connectivity index (χ2n) is 5.81. The van der Waals surface area contributed by atoms with Crippen molar-refractivity contribution in [2.75, 3.05) is 5.32 Å². The summed E-state index contributed by atoms with van der Waals surface area (Å²) in [5.41, 5.74) is 3.28. The van der Waals surface area contributed by atoms with Crippen LogP contribution in [0.15, 0.2) is 36.4 Å². The minimum atomic E-state index is -0.751. The number of anilines is 1. The third kappa shape index (κ3) is 2.61. The van der Waals surface area contributed by atoms with E-state index >= 15 is 0 Å². The lowest BCUT2D eigenvalue weighted by molar-refractivity contribution is 0.0421. The Morgan fingerprint density at radius 2 is 1.65 bits per heavy atom. The number of nitriles is 2. The normalized spacial score (nSPS) is 14.7. The van der Waals surface area contributed by atoms with E-state index in [1.165, 1.54) is 0 Å². The Morgan fingerprint density at radius 1 is 1.00 bits per heavy atom. The van der Waals surface area contributed by atoms with E-state index in [0.29, 0.717) is 16.8 Å². The number of benzene rings is 2. The number of rotatable bonds is 1. The summed E-state index contributed by atoms with van der Waals surface area (Å²) in [6, 6.07) is 14.7. The van der Waals surface area contributed by atoms with E-state index in [1.54, 1.807) is 24.3 Å². The minimum absolute atomic E-state index is 0.431. The van der Waals surface area contributed by atoms with Crippen molar-refractivity contribution in [3.8, 4) is 23.3 Å². The van der Waals surface area contributed by atoms with Crippen LogP contribution >= 0.6 is 0 Å². The minimum Gasteiger partial charge on any atom is -0.438 e. The first-order chi connectivity index (χ1) is 10.9. The van der Waals surface area contributed by atoms with Crippen LogP contribution < -0.4 is 5.32 Å². The van der Waals surface area contributed by atoms with Crippen LogP contribution in [-0.4, -0.2) is 6.09 Å². The highest BCUT2D eigenvalue weighted by Gasteiger charge is 2.33. The summed E-state index contributed by atoms with van der Waals surface area (Å²) in [6.45, 7) is 3.64. The van der Waals surface area contributed by atoms with Crippen LogP contribution in [0.5, 0.6) is 0 Å². The standard InChI is InChI=1S/C18H13N3O2/c1-18(2)15-8-13(3-4-16(15)21-17(22)23-18)14-6-11(9-19)5-12(7-14)10-20/h3-8H,1-2H3,(H,21,22). The fourth-order valence-corrected chi connectivity index (χ4v) is 2.68. The maximum atomic E-state index is 11.6. The Labute approximate surface area is 133 Å². The molecule has 0 spiro atoms. The van der Waals surface area contributed by atoms with Gasteiger partial charge in [0.05, 0.1) is 29.0 Å². The number of fused-ring (bicyclic) bond motifs is 1. The van der Waals surface area contributed by atoms with Gasteiger partial charge in [-0.1, -0.05) is 6.07 Å². The van der Waals surface area contributed by atoms with E-state index in [1.807, 2.05) is 26.0 Å². The van der Waals surface area contributed by atoms with Crippen LogP contribution in [0.25, 0.3) is 11.1 Å². The Bertz CT molecular complexity index is 869. The number of nitrogens with zero attached hydrogens (tertiary/aromatic N) is 2. The molecule has 0 saturated carbocycles. The molecular formula is C18H13N3O2. The summed E-state index contributed by atoms with van der Waals surface area (Å²) in [4.78, 5) is 11.6. The molecule has 1 aliphatic heterocycles. The van der Waals surface area contributed by atoms with Gasteiger partial charge < -0.3 is 4.74 Å². The van der Waals surface area contributed by atoms with E-state index < -0.39 is 11.7 Å². The van der Waals surface area contributed by atoms with E-state index in [0.717, 1.165) is 16.7 Å². The molecule has 112 valence electrons. The van der Waals surface area contributed by atoms with Crippen molar-refractivity contribution < 1.29 is 9.53 Å². The second-order valence-corrected chi connectivity index (χ2v) is 5.81. The highest BCUT2D eigenvalue weighted by molar-refractivity contribution is 5.89. The first-order valence-corrected chi connectivity index (χ1v) is 7.03. The number of nitrogens with one attached hydrogen (secondary N) is 1. The van der Waals surface area contributed by atoms with E-state index in [-0.39, 0.29) is 0 Å². The Balaban J connectivity index is 2.15. The first-order valence-electron chi connectivity index (χ1n) is 7.03. The molecule has 1 N–H and O–H groups in total. The van der Waals surface area contributed by atoms with E-state index in [4.69, 9.17) is 15.3 Å². The molecule has 3 rings (SSSR count). The molecule has 1 aliphatic rings.